The van der Waals surface area contributed by atoms with Gasteiger partial charge in [-0.05, 0) is 39.2 Å². The Balaban J connectivity index is 1.84. The van der Waals surface area contributed by atoms with Gasteiger partial charge >= 0.3 is 0 Å². The van der Waals surface area contributed by atoms with Gasteiger partial charge in [0.25, 0.3) is 0 Å². The number of rotatable bonds is 5. The highest BCUT2D eigenvalue weighted by atomic mass is 32.1. The topological polar surface area (TPSA) is 71.2 Å². The molecule has 1 aromatic rings. The van der Waals surface area contributed by atoms with E-state index in [4.69, 9.17) is 5.73 Å². The highest BCUT2D eigenvalue weighted by molar-refractivity contribution is 7.13. The first-order chi connectivity index (χ1) is 9.58. The molecule has 112 valence electrons. The van der Waals surface area contributed by atoms with Gasteiger partial charge in [0.05, 0.1) is 12.2 Å². The summed E-state index contributed by atoms with van der Waals surface area (Å²) in [5.41, 5.74) is 6.88. The quantitative estimate of drug-likeness (QED) is 0.871. The number of thiazole rings is 1. The molecule has 1 aliphatic rings. The molecule has 2 rings (SSSR count). The lowest BCUT2D eigenvalue weighted by atomic mass is 9.91. The molecule has 1 fully saturated rings. The first-order valence-corrected chi connectivity index (χ1v) is 8.18. The molecule has 5 nitrogen and oxygen atoms in total. The van der Waals surface area contributed by atoms with Gasteiger partial charge in [0, 0.05) is 17.5 Å². The van der Waals surface area contributed by atoms with Crippen LogP contribution in [0.2, 0.25) is 0 Å². The number of anilines is 1. The lowest BCUT2D eigenvalue weighted by Crippen LogP contribution is -2.44. The fourth-order valence-corrected chi connectivity index (χ4v) is 3.42. The van der Waals surface area contributed by atoms with Crippen LogP contribution in [0.15, 0.2) is 5.38 Å². The number of nitrogens with zero attached hydrogens (tertiary/aromatic N) is 2. The van der Waals surface area contributed by atoms with E-state index in [9.17, 15) is 4.79 Å². The smallest absolute Gasteiger partial charge is 0.240 e. The van der Waals surface area contributed by atoms with Crippen molar-refractivity contribution in [2.75, 3.05) is 18.4 Å². The molecule has 0 unspecified atom stereocenters. The van der Waals surface area contributed by atoms with Crippen LogP contribution in [-0.4, -0.2) is 41.0 Å². The summed E-state index contributed by atoms with van der Waals surface area (Å²) in [6, 6.07) is 0.834. The molecule has 0 aromatic carbocycles. The number of nitrogens with one attached hydrogen (secondary N) is 1. The molecule has 0 bridgehead atoms. The maximum absolute atomic E-state index is 12.1. The molecule has 0 radical (unpaired) electrons. The fraction of sp³-hybridized carbons (Fsp3) is 0.714. The fourth-order valence-electron chi connectivity index (χ4n) is 2.72. The Bertz CT molecular complexity index is 440. The van der Waals surface area contributed by atoms with Gasteiger partial charge in [0.1, 0.15) is 0 Å². The van der Waals surface area contributed by atoms with E-state index in [1.54, 1.807) is 0 Å². The standard InChI is InChI=1S/C14H24N4OS/c1-3-18(12-6-4-11(15)5-7-12)8-13(19)17-14-16-10(2)9-20-14/h9,11-12H,3-8,15H2,1-2H3,(H,16,17,19). The minimum absolute atomic E-state index is 0.0241. The summed E-state index contributed by atoms with van der Waals surface area (Å²) in [5.74, 6) is 0.0241. The SMILES string of the molecule is CCN(CC(=O)Nc1nc(C)cs1)C1CCC(N)CC1. The Morgan fingerprint density at radius 3 is 2.75 bits per heavy atom. The van der Waals surface area contributed by atoms with Gasteiger partial charge in [-0.1, -0.05) is 6.92 Å². The van der Waals surface area contributed by atoms with E-state index in [2.05, 4.69) is 22.1 Å². The number of likely N-dealkylation sites (N-methyl/N-ethyl adjacent to an activating group) is 1. The van der Waals surface area contributed by atoms with E-state index in [1.165, 1.54) is 11.3 Å². The van der Waals surface area contributed by atoms with Crippen LogP contribution >= 0.6 is 11.3 Å². The predicted molar refractivity (Wildman–Crippen MR) is 83.0 cm³/mol. The van der Waals surface area contributed by atoms with Crippen LogP contribution < -0.4 is 11.1 Å². The van der Waals surface area contributed by atoms with Gasteiger partial charge < -0.3 is 11.1 Å². The summed E-state index contributed by atoms with van der Waals surface area (Å²) in [7, 11) is 0. The Kier molecular flexibility index (Phi) is 5.51. The molecule has 0 spiro atoms. The summed E-state index contributed by atoms with van der Waals surface area (Å²) in [6.07, 6.45) is 4.32. The molecule has 6 heteroatoms. The van der Waals surface area contributed by atoms with Crippen LogP contribution in [0.5, 0.6) is 0 Å². The summed E-state index contributed by atoms with van der Waals surface area (Å²) in [5, 5.41) is 5.51. The minimum atomic E-state index is 0.0241. The summed E-state index contributed by atoms with van der Waals surface area (Å²) in [4.78, 5) is 18.6. The van der Waals surface area contributed by atoms with E-state index < -0.39 is 0 Å². The van der Waals surface area contributed by atoms with Crippen molar-refractivity contribution in [2.45, 2.75) is 51.6 Å². The second kappa shape index (κ2) is 7.15. The van der Waals surface area contributed by atoms with E-state index in [-0.39, 0.29) is 5.91 Å². The molecular formula is C14H24N4OS. The van der Waals surface area contributed by atoms with E-state index in [0.717, 1.165) is 37.9 Å². The number of aromatic nitrogens is 1. The Morgan fingerprint density at radius 1 is 1.50 bits per heavy atom. The van der Waals surface area contributed by atoms with Gasteiger partial charge in [-0.3, -0.25) is 9.69 Å². The summed E-state index contributed by atoms with van der Waals surface area (Å²) < 4.78 is 0. The average Bonchev–Trinajstić information content (AvgIpc) is 2.82. The number of amides is 1. The van der Waals surface area contributed by atoms with Crippen molar-refractivity contribution in [1.29, 1.82) is 0 Å². The lowest BCUT2D eigenvalue weighted by Gasteiger charge is -2.34. The number of hydrogen-bond acceptors (Lipinski definition) is 5. The molecule has 1 aromatic heterocycles. The van der Waals surface area contributed by atoms with Crippen molar-refractivity contribution in [3.63, 3.8) is 0 Å². The van der Waals surface area contributed by atoms with Crippen LogP contribution in [0.1, 0.15) is 38.3 Å². The normalized spacial score (nSPS) is 23.0. The first kappa shape index (κ1) is 15.4. The highest BCUT2D eigenvalue weighted by Crippen LogP contribution is 2.22. The molecule has 1 amide bonds. The third-order valence-electron chi connectivity index (χ3n) is 3.88. The van der Waals surface area contributed by atoms with Crippen molar-refractivity contribution < 1.29 is 4.79 Å². The minimum Gasteiger partial charge on any atom is -0.328 e. The molecular weight excluding hydrogens is 272 g/mol. The molecule has 0 saturated heterocycles. The molecule has 0 aliphatic heterocycles. The van der Waals surface area contributed by atoms with Crippen LogP contribution in [0.3, 0.4) is 0 Å². The Hall–Kier alpha value is -0.980. The molecule has 3 N–H and O–H groups in total. The molecule has 0 atom stereocenters. The number of aryl methyl sites for hydroxylation is 1. The third kappa shape index (κ3) is 4.26. The second-order valence-corrected chi connectivity index (χ2v) is 6.33. The van der Waals surface area contributed by atoms with Gasteiger partial charge in [-0.2, -0.15) is 0 Å². The Morgan fingerprint density at radius 2 is 2.20 bits per heavy atom. The summed E-state index contributed by atoms with van der Waals surface area (Å²) >= 11 is 1.47. The van der Waals surface area contributed by atoms with Gasteiger partial charge in [0.15, 0.2) is 5.13 Å². The van der Waals surface area contributed by atoms with E-state index in [1.807, 2.05) is 12.3 Å². The number of nitrogens with two attached hydrogens (primary N) is 1. The average molecular weight is 296 g/mol. The molecule has 1 heterocycles. The number of carbonyl (C=O) groups is 1. The first-order valence-electron chi connectivity index (χ1n) is 7.30. The third-order valence-corrected chi connectivity index (χ3v) is 4.75. The highest BCUT2D eigenvalue weighted by Gasteiger charge is 2.24. The second-order valence-electron chi connectivity index (χ2n) is 5.47. The molecule has 1 aliphatic carbocycles. The number of hydrogen-bond donors (Lipinski definition) is 2. The van der Waals surface area contributed by atoms with Gasteiger partial charge in [0.2, 0.25) is 5.91 Å². The van der Waals surface area contributed by atoms with Crippen LogP contribution in [0.4, 0.5) is 5.13 Å². The van der Waals surface area contributed by atoms with Crippen molar-refractivity contribution >= 4 is 22.4 Å². The lowest BCUT2D eigenvalue weighted by molar-refractivity contribution is -0.118. The zero-order chi connectivity index (χ0) is 14.5. The largest absolute Gasteiger partial charge is 0.328 e. The van der Waals surface area contributed by atoms with E-state index >= 15 is 0 Å². The van der Waals surface area contributed by atoms with Crippen molar-refractivity contribution in [3.8, 4) is 0 Å². The molecule has 1 saturated carbocycles. The van der Waals surface area contributed by atoms with Crippen LogP contribution in [0, 0.1) is 6.92 Å². The zero-order valence-corrected chi connectivity index (χ0v) is 13.1. The van der Waals surface area contributed by atoms with Crippen molar-refractivity contribution in [2.24, 2.45) is 5.73 Å². The van der Waals surface area contributed by atoms with E-state index in [0.29, 0.717) is 23.8 Å². The monoisotopic (exact) mass is 296 g/mol. The molecule has 20 heavy (non-hydrogen) atoms. The van der Waals surface area contributed by atoms with Crippen molar-refractivity contribution in [3.05, 3.63) is 11.1 Å². The van der Waals surface area contributed by atoms with Gasteiger partial charge in [-0.15, -0.1) is 11.3 Å². The Labute approximate surface area is 124 Å². The number of carbonyl (C=O) groups excluding carboxylic acids is 1. The maximum Gasteiger partial charge on any atom is 0.240 e. The van der Waals surface area contributed by atoms with Crippen LogP contribution in [0.25, 0.3) is 0 Å². The van der Waals surface area contributed by atoms with Crippen LogP contribution in [-0.2, 0) is 4.79 Å². The van der Waals surface area contributed by atoms with Crippen molar-refractivity contribution in [1.82, 2.24) is 9.88 Å². The van der Waals surface area contributed by atoms with Gasteiger partial charge in [-0.25, -0.2) is 4.98 Å². The zero-order valence-electron chi connectivity index (χ0n) is 12.3. The predicted octanol–water partition coefficient (Wildman–Crippen LogP) is 1.98. The summed E-state index contributed by atoms with van der Waals surface area (Å²) in [6.45, 7) is 5.37. The maximum atomic E-state index is 12.1.